The lowest BCUT2D eigenvalue weighted by Gasteiger charge is -2.09. The van der Waals surface area contributed by atoms with Crippen molar-refractivity contribution < 1.29 is 22.5 Å². The summed E-state index contributed by atoms with van der Waals surface area (Å²) in [7, 11) is -2.66. The highest BCUT2D eigenvalue weighted by Gasteiger charge is 2.18. The third kappa shape index (κ3) is 3.20. The second-order valence-corrected chi connectivity index (χ2v) is 5.73. The monoisotopic (exact) mass is 311 g/mol. The lowest BCUT2D eigenvalue weighted by Crippen LogP contribution is -2.16. The van der Waals surface area contributed by atoms with Crippen molar-refractivity contribution in [3.8, 4) is 5.75 Å². The Morgan fingerprint density at radius 2 is 2.14 bits per heavy atom. The van der Waals surface area contributed by atoms with E-state index >= 15 is 0 Å². The number of ether oxygens (including phenoxy) is 1. The zero-order chi connectivity index (χ0) is 15.6. The SMILES string of the molecule is COc1ccc(NC(=O)c2oncc2C)cc1S(N)(=O)=O. The van der Waals surface area contributed by atoms with Crippen molar-refractivity contribution in [1.82, 2.24) is 5.16 Å². The van der Waals surface area contributed by atoms with Crippen LogP contribution in [0.5, 0.6) is 5.75 Å². The molecule has 1 amide bonds. The van der Waals surface area contributed by atoms with Crippen molar-refractivity contribution in [2.75, 3.05) is 12.4 Å². The predicted molar refractivity (Wildman–Crippen MR) is 73.6 cm³/mol. The normalized spacial score (nSPS) is 11.2. The summed E-state index contributed by atoms with van der Waals surface area (Å²) in [4.78, 5) is 11.7. The van der Waals surface area contributed by atoms with Crippen LogP contribution in [-0.2, 0) is 10.0 Å². The van der Waals surface area contributed by atoms with E-state index in [0.29, 0.717) is 5.56 Å². The van der Waals surface area contributed by atoms with Crippen molar-refractivity contribution in [1.29, 1.82) is 0 Å². The first-order valence-electron chi connectivity index (χ1n) is 5.76. The molecule has 1 aromatic carbocycles. The maximum absolute atomic E-state index is 12.0. The molecular formula is C12H13N3O5S. The van der Waals surface area contributed by atoms with Crippen LogP contribution in [0.1, 0.15) is 16.1 Å². The van der Waals surface area contributed by atoms with Gasteiger partial charge in [0, 0.05) is 11.3 Å². The molecular weight excluding hydrogens is 298 g/mol. The van der Waals surface area contributed by atoms with E-state index in [9.17, 15) is 13.2 Å². The van der Waals surface area contributed by atoms with Gasteiger partial charge >= 0.3 is 0 Å². The molecule has 0 saturated carbocycles. The minimum Gasteiger partial charge on any atom is -0.495 e. The van der Waals surface area contributed by atoms with E-state index in [1.54, 1.807) is 6.92 Å². The van der Waals surface area contributed by atoms with Crippen LogP contribution in [0.25, 0.3) is 0 Å². The Bertz CT molecular complexity index is 782. The number of sulfonamides is 1. The average molecular weight is 311 g/mol. The highest BCUT2D eigenvalue weighted by atomic mass is 32.2. The fourth-order valence-electron chi connectivity index (χ4n) is 1.67. The fraction of sp³-hybridized carbons (Fsp3) is 0.167. The number of nitrogens with one attached hydrogen (secondary N) is 1. The van der Waals surface area contributed by atoms with Gasteiger partial charge in [0.25, 0.3) is 5.91 Å². The number of aromatic nitrogens is 1. The molecule has 1 heterocycles. The number of nitrogens with two attached hydrogens (primary N) is 1. The lowest BCUT2D eigenvalue weighted by molar-refractivity contribution is 0.0987. The van der Waals surface area contributed by atoms with Crippen LogP contribution in [-0.4, -0.2) is 26.6 Å². The van der Waals surface area contributed by atoms with Crippen LogP contribution >= 0.6 is 0 Å². The first kappa shape index (κ1) is 15.0. The maximum Gasteiger partial charge on any atom is 0.294 e. The summed E-state index contributed by atoms with van der Waals surface area (Å²) < 4.78 is 32.7. The number of rotatable bonds is 4. The summed E-state index contributed by atoms with van der Waals surface area (Å²) in [6, 6.07) is 4.08. The smallest absolute Gasteiger partial charge is 0.294 e. The Kier molecular flexibility index (Phi) is 3.96. The minimum absolute atomic E-state index is 0.0444. The standard InChI is InChI=1S/C12H13N3O5S/c1-7-6-14-20-11(7)12(16)15-8-3-4-9(19-2)10(5-8)21(13,17)18/h3-6H,1-2H3,(H,15,16)(H2,13,17,18). The second kappa shape index (κ2) is 5.54. The molecule has 2 rings (SSSR count). The molecule has 0 aliphatic carbocycles. The van der Waals surface area contributed by atoms with Gasteiger partial charge in [-0.2, -0.15) is 0 Å². The summed E-state index contributed by atoms with van der Waals surface area (Å²) in [5, 5.41) is 11.1. The molecule has 8 nitrogen and oxygen atoms in total. The predicted octanol–water partition coefficient (Wildman–Crippen LogP) is 0.891. The van der Waals surface area contributed by atoms with Gasteiger partial charge in [-0.1, -0.05) is 5.16 Å². The number of hydrogen-bond acceptors (Lipinski definition) is 6. The van der Waals surface area contributed by atoms with Crippen LogP contribution in [0.4, 0.5) is 5.69 Å². The zero-order valence-electron chi connectivity index (χ0n) is 11.3. The average Bonchev–Trinajstić information content (AvgIpc) is 2.84. The number of nitrogens with zero attached hydrogens (tertiary/aromatic N) is 1. The molecule has 9 heteroatoms. The Morgan fingerprint density at radius 1 is 1.43 bits per heavy atom. The molecule has 0 bridgehead atoms. The third-order valence-electron chi connectivity index (χ3n) is 2.68. The first-order chi connectivity index (χ1) is 9.82. The van der Waals surface area contributed by atoms with E-state index in [1.807, 2.05) is 0 Å². The van der Waals surface area contributed by atoms with Crippen LogP contribution in [0.3, 0.4) is 0 Å². The van der Waals surface area contributed by atoms with Crippen molar-refractivity contribution in [2.24, 2.45) is 5.14 Å². The van der Waals surface area contributed by atoms with Crippen molar-refractivity contribution in [3.05, 3.63) is 35.7 Å². The highest BCUT2D eigenvalue weighted by Crippen LogP contribution is 2.26. The number of carbonyl (C=O) groups excluding carboxylic acids is 1. The topological polar surface area (TPSA) is 125 Å². The van der Waals surface area contributed by atoms with Gasteiger partial charge in [0.2, 0.25) is 15.8 Å². The highest BCUT2D eigenvalue weighted by molar-refractivity contribution is 7.89. The number of methoxy groups -OCH3 is 1. The first-order valence-corrected chi connectivity index (χ1v) is 7.31. The number of hydrogen-bond donors (Lipinski definition) is 2. The number of benzene rings is 1. The molecule has 0 radical (unpaired) electrons. The van der Waals surface area contributed by atoms with Crippen LogP contribution in [0.15, 0.2) is 33.8 Å². The van der Waals surface area contributed by atoms with Crippen LogP contribution < -0.4 is 15.2 Å². The van der Waals surface area contributed by atoms with Crippen molar-refractivity contribution in [3.63, 3.8) is 0 Å². The van der Waals surface area contributed by atoms with Gasteiger partial charge in [-0.15, -0.1) is 0 Å². The number of aryl methyl sites for hydroxylation is 1. The van der Waals surface area contributed by atoms with E-state index < -0.39 is 15.9 Å². The Balaban J connectivity index is 2.34. The Hall–Kier alpha value is -2.39. The second-order valence-electron chi connectivity index (χ2n) is 4.20. The molecule has 0 aliphatic rings. The van der Waals surface area contributed by atoms with Crippen LogP contribution in [0, 0.1) is 6.92 Å². The number of primary sulfonamides is 1. The minimum atomic E-state index is -3.98. The van der Waals surface area contributed by atoms with Gasteiger partial charge in [0.15, 0.2) is 0 Å². The molecule has 0 saturated heterocycles. The number of carbonyl (C=O) groups is 1. The van der Waals surface area contributed by atoms with E-state index in [-0.39, 0.29) is 22.1 Å². The Labute approximate surface area is 120 Å². The summed E-state index contributed by atoms with van der Waals surface area (Å²) >= 11 is 0. The molecule has 3 N–H and O–H groups in total. The molecule has 2 aromatic rings. The van der Waals surface area contributed by atoms with Gasteiger partial charge in [-0.3, -0.25) is 4.79 Å². The summed E-state index contributed by atoms with van der Waals surface area (Å²) in [5.74, 6) is -0.412. The Morgan fingerprint density at radius 3 is 2.67 bits per heavy atom. The molecule has 0 atom stereocenters. The van der Waals surface area contributed by atoms with Gasteiger partial charge in [-0.25, -0.2) is 13.6 Å². The summed E-state index contributed by atoms with van der Waals surface area (Å²) in [6.45, 7) is 1.66. The van der Waals surface area contributed by atoms with Gasteiger partial charge in [0.1, 0.15) is 10.6 Å². The molecule has 21 heavy (non-hydrogen) atoms. The van der Waals surface area contributed by atoms with E-state index in [2.05, 4.69) is 10.5 Å². The van der Waals surface area contributed by atoms with E-state index in [1.165, 1.54) is 31.5 Å². The van der Waals surface area contributed by atoms with Gasteiger partial charge < -0.3 is 14.6 Å². The van der Waals surface area contributed by atoms with Gasteiger partial charge in [0.05, 0.1) is 13.3 Å². The lowest BCUT2D eigenvalue weighted by atomic mass is 10.2. The fourth-order valence-corrected chi connectivity index (χ4v) is 2.40. The van der Waals surface area contributed by atoms with Crippen LogP contribution in [0.2, 0.25) is 0 Å². The van der Waals surface area contributed by atoms with E-state index in [4.69, 9.17) is 14.4 Å². The quantitative estimate of drug-likeness (QED) is 0.864. The maximum atomic E-state index is 12.0. The number of anilines is 1. The molecule has 112 valence electrons. The van der Waals surface area contributed by atoms with E-state index in [0.717, 1.165) is 0 Å². The molecule has 0 spiro atoms. The van der Waals surface area contributed by atoms with Gasteiger partial charge in [-0.05, 0) is 25.1 Å². The molecule has 0 unspecified atom stereocenters. The summed E-state index contributed by atoms with van der Waals surface area (Å²) in [5.41, 5.74) is 0.799. The number of amides is 1. The zero-order valence-corrected chi connectivity index (χ0v) is 12.1. The third-order valence-corrected chi connectivity index (χ3v) is 3.61. The molecule has 0 fully saturated rings. The van der Waals surface area contributed by atoms with Crippen molar-refractivity contribution >= 4 is 21.6 Å². The van der Waals surface area contributed by atoms with Crippen molar-refractivity contribution in [2.45, 2.75) is 11.8 Å². The largest absolute Gasteiger partial charge is 0.495 e. The molecule has 0 aliphatic heterocycles. The molecule has 1 aromatic heterocycles. The summed E-state index contributed by atoms with van der Waals surface area (Å²) in [6.07, 6.45) is 1.40.